The molecule has 0 saturated heterocycles. The normalized spacial score (nSPS) is 10.4. The zero-order chi connectivity index (χ0) is 15.2. The quantitative estimate of drug-likeness (QED) is 0.770. The monoisotopic (exact) mass is 305 g/mol. The van der Waals surface area contributed by atoms with Crippen LogP contribution in [0.25, 0.3) is 0 Å². The van der Waals surface area contributed by atoms with E-state index in [1.807, 2.05) is 18.2 Å². The Morgan fingerprint density at radius 2 is 2.10 bits per heavy atom. The maximum atomic E-state index is 10.9. The summed E-state index contributed by atoms with van der Waals surface area (Å²) in [6.45, 7) is 3.41. The van der Waals surface area contributed by atoms with Gasteiger partial charge in [0, 0.05) is 25.8 Å². The van der Waals surface area contributed by atoms with Gasteiger partial charge in [0.2, 0.25) is 0 Å². The first kappa shape index (κ1) is 15.3. The van der Waals surface area contributed by atoms with Crippen LogP contribution in [0.4, 0.5) is 10.8 Å². The van der Waals surface area contributed by atoms with Crippen molar-refractivity contribution in [1.82, 2.24) is 4.98 Å². The van der Waals surface area contributed by atoms with Crippen LogP contribution in [0.5, 0.6) is 0 Å². The fourth-order valence-corrected chi connectivity index (χ4v) is 2.82. The van der Waals surface area contributed by atoms with Crippen LogP contribution < -0.4 is 10.2 Å². The third-order valence-corrected chi connectivity index (χ3v) is 4.24. The summed E-state index contributed by atoms with van der Waals surface area (Å²) >= 11 is 1.19. The van der Waals surface area contributed by atoms with Crippen molar-refractivity contribution in [1.29, 1.82) is 0 Å². The Balaban J connectivity index is 1.77. The van der Waals surface area contributed by atoms with Gasteiger partial charge in [-0.15, -0.1) is 0 Å². The fraction of sp³-hybridized carbons (Fsp3) is 0.333. The molecule has 1 heterocycles. The van der Waals surface area contributed by atoms with Crippen molar-refractivity contribution in [3.05, 3.63) is 40.9 Å². The van der Waals surface area contributed by atoms with Gasteiger partial charge >= 0.3 is 5.97 Å². The Morgan fingerprint density at radius 3 is 2.71 bits per heavy atom. The number of aryl methyl sites for hydroxylation is 1. The van der Waals surface area contributed by atoms with E-state index in [2.05, 4.69) is 34.4 Å². The van der Waals surface area contributed by atoms with E-state index < -0.39 is 5.97 Å². The standard InChI is InChI=1S/C15H19N3O2S/c1-11-13(14(19)20)21-15(17-11)16-9-6-10-18(2)12-7-4-3-5-8-12/h3-5,7-8H,6,9-10H2,1-2H3,(H,16,17)(H,19,20). The lowest BCUT2D eigenvalue weighted by molar-refractivity contribution is 0.0701. The molecular weight excluding hydrogens is 286 g/mol. The molecule has 0 radical (unpaired) electrons. The van der Waals surface area contributed by atoms with Gasteiger partial charge < -0.3 is 15.3 Å². The molecule has 0 unspecified atom stereocenters. The van der Waals surface area contributed by atoms with Crippen LogP contribution in [0.1, 0.15) is 21.8 Å². The van der Waals surface area contributed by atoms with Crippen LogP contribution >= 0.6 is 11.3 Å². The molecule has 6 heteroatoms. The van der Waals surface area contributed by atoms with E-state index in [-0.39, 0.29) is 0 Å². The number of para-hydroxylation sites is 1. The predicted octanol–water partition coefficient (Wildman–Crippen LogP) is 3.09. The first-order valence-electron chi connectivity index (χ1n) is 6.78. The minimum absolute atomic E-state index is 0.305. The summed E-state index contributed by atoms with van der Waals surface area (Å²) in [7, 11) is 2.06. The molecule has 0 aliphatic carbocycles. The molecule has 21 heavy (non-hydrogen) atoms. The number of nitrogens with zero attached hydrogens (tertiary/aromatic N) is 2. The molecule has 5 nitrogen and oxygen atoms in total. The molecule has 0 aliphatic rings. The van der Waals surface area contributed by atoms with E-state index in [4.69, 9.17) is 5.11 Å². The number of hydrogen-bond acceptors (Lipinski definition) is 5. The average molecular weight is 305 g/mol. The van der Waals surface area contributed by atoms with E-state index in [9.17, 15) is 4.79 Å². The molecule has 0 saturated carbocycles. The molecule has 0 spiro atoms. The lowest BCUT2D eigenvalue weighted by Crippen LogP contribution is -2.20. The van der Waals surface area contributed by atoms with Crippen LogP contribution in [-0.2, 0) is 0 Å². The van der Waals surface area contributed by atoms with Gasteiger partial charge in [-0.05, 0) is 25.5 Å². The summed E-state index contributed by atoms with van der Waals surface area (Å²) in [6.07, 6.45) is 0.951. The molecule has 112 valence electrons. The smallest absolute Gasteiger partial charge is 0.347 e. The Kier molecular flexibility index (Phi) is 5.16. The summed E-state index contributed by atoms with van der Waals surface area (Å²) in [5, 5.41) is 12.8. The fourth-order valence-electron chi connectivity index (χ4n) is 1.99. The number of hydrogen-bond donors (Lipinski definition) is 2. The molecule has 0 bridgehead atoms. The van der Waals surface area contributed by atoms with Crippen molar-refractivity contribution in [2.45, 2.75) is 13.3 Å². The van der Waals surface area contributed by atoms with Crippen LogP contribution in [-0.4, -0.2) is 36.2 Å². The second-order valence-corrected chi connectivity index (χ2v) is 5.78. The number of rotatable bonds is 7. The lowest BCUT2D eigenvalue weighted by atomic mass is 10.3. The second kappa shape index (κ2) is 7.08. The second-order valence-electron chi connectivity index (χ2n) is 4.78. The molecule has 1 aromatic heterocycles. The molecule has 0 fully saturated rings. The zero-order valence-electron chi connectivity index (χ0n) is 12.2. The van der Waals surface area contributed by atoms with Crippen LogP contribution in [0.15, 0.2) is 30.3 Å². The van der Waals surface area contributed by atoms with Crippen LogP contribution in [0, 0.1) is 6.92 Å². The highest BCUT2D eigenvalue weighted by molar-refractivity contribution is 7.17. The summed E-state index contributed by atoms with van der Waals surface area (Å²) in [5.74, 6) is -0.915. The maximum Gasteiger partial charge on any atom is 0.347 e. The minimum Gasteiger partial charge on any atom is -0.477 e. The molecular formula is C15H19N3O2S. The Bertz CT molecular complexity index is 598. The number of anilines is 2. The summed E-state index contributed by atoms with van der Waals surface area (Å²) in [4.78, 5) is 17.7. The number of carbonyl (C=O) groups is 1. The largest absolute Gasteiger partial charge is 0.477 e. The minimum atomic E-state index is -0.915. The molecule has 0 amide bonds. The van der Waals surface area contributed by atoms with Gasteiger partial charge in [-0.25, -0.2) is 9.78 Å². The SMILES string of the molecule is Cc1nc(NCCCN(C)c2ccccc2)sc1C(=O)O. The number of aromatic nitrogens is 1. The number of benzene rings is 1. The van der Waals surface area contributed by atoms with Crippen LogP contribution in [0.3, 0.4) is 0 Å². The first-order chi connectivity index (χ1) is 10.1. The summed E-state index contributed by atoms with van der Waals surface area (Å²) < 4.78 is 0. The number of carboxylic acid groups (broad SMARTS) is 1. The zero-order valence-corrected chi connectivity index (χ0v) is 13.0. The van der Waals surface area contributed by atoms with Gasteiger partial charge in [0.1, 0.15) is 4.88 Å². The topological polar surface area (TPSA) is 65.5 Å². The predicted molar refractivity (Wildman–Crippen MR) is 86.6 cm³/mol. The van der Waals surface area contributed by atoms with Crippen molar-refractivity contribution in [3.63, 3.8) is 0 Å². The van der Waals surface area contributed by atoms with Crippen LogP contribution in [0.2, 0.25) is 0 Å². The third-order valence-electron chi connectivity index (χ3n) is 3.13. The van der Waals surface area contributed by atoms with Gasteiger partial charge in [0.25, 0.3) is 0 Å². The first-order valence-corrected chi connectivity index (χ1v) is 7.60. The lowest BCUT2D eigenvalue weighted by Gasteiger charge is -2.19. The van der Waals surface area contributed by atoms with E-state index in [1.54, 1.807) is 6.92 Å². The van der Waals surface area contributed by atoms with E-state index in [1.165, 1.54) is 17.0 Å². The van der Waals surface area contributed by atoms with Gasteiger partial charge in [-0.1, -0.05) is 29.5 Å². The Morgan fingerprint density at radius 1 is 1.38 bits per heavy atom. The van der Waals surface area contributed by atoms with Crippen molar-refractivity contribution < 1.29 is 9.90 Å². The van der Waals surface area contributed by atoms with Crippen molar-refractivity contribution in [3.8, 4) is 0 Å². The van der Waals surface area contributed by atoms with E-state index in [0.717, 1.165) is 19.5 Å². The number of nitrogens with one attached hydrogen (secondary N) is 1. The van der Waals surface area contributed by atoms with Gasteiger partial charge in [0.15, 0.2) is 5.13 Å². The number of aromatic carboxylic acids is 1. The third kappa shape index (κ3) is 4.19. The molecule has 2 N–H and O–H groups in total. The van der Waals surface area contributed by atoms with E-state index >= 15 is 0 Å². The average Bonchev–Trinajstić information content (AvgIpc) is 2.85. The van der Waals surface area contributed by atoms with Gasteiger partial charge in [-0.3, -0.25) is 0 Å². The Labute approximate surface area is 128 Å². The maximum absolute atomic E-state index is 10.9. The highest BCUT2D eigenvalue weighted by Gasteiger charge is 2.13. The molecule has 0 aliphatic heterocycles. The number of carboxylic acids is 1. The highest BCUT2D eigenvalue weighted by atomic mass is 32.1. The number of thiazole rings is 1. The highest BCUT2D eigenvalue weighted by Crippen LogP contribution is 2.22. The van der Waals surface area contributed by atoms with Crippen molar-refractivity contribution in [2.75, 3.05) is 30.4 Å². The van der Waals surface area contributed by atoms with Gasteiger partial charge in [0.05, 0.1) is 5.69 Å². The molecule has 2 aromatic rings. The van der Waals surface area contributed by atoms with E-state index in [0.29, 0.717) is 15.7 Å². The molecule has 0 atom stereocenters. The Hall–Kier alpha value is -2.08. The van der Waals surface area contributed by atoms with Gasteiger partial charge in [-0.2, -0.15) is 0 Å². The summed E-state index contributed by atoms with van der Waals surface area (Å²) in [6, 6.07) is 10.2. The summed E-state index contributed by atoms with van der Waals surface area (Å²) in [5.41, 5.74) is 1.76. The van der Waals surface area contributed by atoms with Crippen molar-refractivity contribution >= 4 is 28.1 Å². The molecule has 1 aromatic carbocycles. The van der Waals surface area contributed by atoms with Crippen molar-refractivity contribution in [2.24, 2.45) is 0 Å². The molecule has 2 rings (SSSR count).